The lowest BCUT2D eigenvalue weighted by atomic mass is 10.1. The Balaban J connectivity index is 1.60. The molecule has 1 N–H and O–H groups in total. The second-order valence-corrected chi connectivity index (χ2v) is 9.42. The lowest BCUT2D eigenvalue weighted by Gasteiger charge is -2.28. The summed E-state index contributed by atoms with van der Waals surface area (Å²) in [6, 6.07) is 5.06. The van der Waals surface area contributed by atoms with Crippen molar-refractivity contribution in [1.82, 2.24) is 14.7 Å². The van der Waals surface area contributed by atoms with Crippen molar-refractivity contribution >= 4 is 27.4 Å². The van der Waals surface area contributed by atoms with Crippen LogP contribution in [-0.4, -0.2) is 44.6 Å². The van der Waals surface area contributed by atoms with Gasteiger partial charge in [0.15, 0.2) is 0 Å². The van der Waals surface area contributed by atoms with Crippen molar-refractivity contribution < 1.29 is 13.2 Å². The van der Waals surface area contributed by atoms with Gasteiger partial charge in [0.05, 0.1) is 4.90 Å². The number of aromatic nitrogens is 2. The fourth-order valence-corrected chi connectivity index (χ4v) is 4.88. The Bertz CT molecular complexity index is 976. The van der Waals surface area contributed by atoms with E-state index in [1.807, 2.05) is 13.0 Å². The largest absolute Gasteiger partial charge is 0.476 e. The van der Waals surface area contributed by atoms with Crippen molar-refractivity contribution in [1.29, 1.82) is 0 Å². The van der Waals surface area contributed by atoms with Gasteiger partial charge in [-0.1, -0.05) is 11.6 Å². The average Bonchev–Trinajstić information content (AvgIpc) is 2.68. The van der Waals surface area contributed by atoms with Gasteiger partial charge in [-0.3, -0.25) is 0 Å². The highest BCUT2D eigenvalue weighted by Gasteiger charge is 2.18. The number of sulfonamides is 1. The Labute approximate surface area is 177 Å². The minimum Gasteiger partial charge on any atom is -0.476 e. The summed E-state index contributed by atoms with van der Waals surface area (Å²) < 4.78 is 33.5. The third-order valence-corrected chi connectivity index (χ3v) is 6.88. The molecule has 0 atom stereocenters. The molecular weight excluding hydrogens is 412 g/mol. The van der Waals surface area contributed by atoms with Crippen LogP contribution in [0.15, 0.2) is 23.1 Å². The van der Waals surface area contributed by atoms with E-state index < -0.39 is 10.0 Å². The summed E-state index contributed by atoms with van der Waals surface area (Å²) in [4.78, 5) is 11.3. The normalized spacial score (nSPS) is 14.8. The first-order chi connectivity index (χ1) is 13.8. The molecular formula is C20H27ClN4O3S. The molecule has 0 amide bonds. The average molecular weight is 439 g/mol. The topological polar surface area (TPSA) is 84.4 Å². The molecule has 3 rings (SSSR count). The molecule has 2 heterocycles. The van der Waals surface area contributed by atoms with Crippen LogP contribution in [0.1, 0.15) is 36.2 Å². The fraction of sp³-hybridized carbons (Fsp3) is 0.500. The van der Waals surface area contributed by atoms with E-state index in [9.17, 15) is 8.42 Å². The number of nitrogens with zero attached hydrogens (tertiary/aromatic N) is 3. The van der Waals surface area contributed by atoms with Crippen LogP contribution in [0.5, 0.6) is 5.88 Å². The van der Waals surface area contributed by atoms with Crippen LogP contribution in [0.3, 0.4) is 0 Å². The van der Waals surface area contributed by atoms with Gasteiger partial charge in [-0.05, 0) is 63.3 Å². The quantitative estimate of drug-likeness (QED) is 0.667. The first-order valence-corrected chi connectivity index (χ1v) is 11.6. The summed E-state index contributed by atoms with van der Waals surface area (Å²) in [7, 11) is -3.65. The van der Waals surface area contributed by atoms with Crippen LogP contribution in [0.25, 0.3) is 0 Å². The van der Waals surface area contributed by atoms with E-state index in [0.717, 1.165) is 37.3 Å². The minimum absolute atomic E-state index is 0.131. The highest BCUT2D eigenvalue weighted by Crippen LogP contribution is 2.24. The number of anilines is 1. The second kappa shape index (κ2) is 9.28. The molecule has 29 heavy (non-hydrogen) atoms. The van der Waals surface area contributed by atoms with Crippen LogP contribution in [0.2, 0.25) is 5.02 Å². The van der Waals surface area contributed by atoms with E-state index in [1.165, 1.54) is 6.42 Å². The number of benzene rings is 1. The predicted molar refractivity (Wildman–Crippen MR) is 114 cm³/mol. The summed E-state index contributed by atoms with van der Waals surface area (Å²) in [5.41, 5.74) is 1.32. The molecule has 1 fully saturated rings. The number of halogens is 1. The molecule has 0 unspecified atom stereocenters. The number of rotatable bonds is 7. The van der Waals surface area contributed by atoms with Gasteiger partial charge in [-0.25, -0.2) is 18.1 Å². The predicted octanol–water partition coefficient (Wildman–Crippen LogP) is 3.40. The Kier molecular flexibility index (Phi) is 6.97. The zero-order valence-corrected chi connectivity index (χ0v) is 18.6. The van der Waals surface area contributed by atoms with Crippen molar-refractivity contribution in [2.75, 3.05) is 31.1 Å². The molecule has 1 aliphatic rings. The van der Waals surface area contributed by atoms with E-state index in [4.69, 9.17) is 16.3 Å². The molecule has 158 valence electrons. The molecule has 0 saturated carbocycles. The van der Waals surface area contributed by atoms with Crippen molar-refractivity contribution in [2.24, 2.45) is 0 Å². The Morgan fingerprint density at radius 2 is 1.79 bits per heavy atom. The maximum absolute atomic E-state index is 12.6. The fourth-order valence-electron chi connectivity index (χ4n) is 3.34. The molecule has 0 bridgehead atoms. The highest BCUT2D eigenvalue weighted by molar-refractivity contribution is 7.89. The lowest BCUT2D eigenvalue weighted by Crippen LogP contribution is -2.30. The molecule has 9 heteroatoms. The molecule has 0 aliphatic carbocycles. The summed E-state index contributed by atoms with van der Waals surface area (Å²) in [6.45, 7) is 7.59. The lowest BCUT2D eigenvalue weighted by molar-refractivity contribution is 0.309. The Morgan fingerprint density at radius 1 is 1.07 bits per heavy atom. The molecule has 0 radical (unpaired) electrons. The first kappa shape index (κ1) is 21.8. The summed E-state index contributed by atoms with van der Waals surface area (Å²) >= 11 is 6.06. The van der Waals surface area contributed by atoms with Crippen molar-refractivity contribution in [3.8, 4) is 5.88 Å². The van der Waals surface area contributed by atoms with Crippen LogP contribution in [0, 0.1) is 20.8 Å². The number of hydrogen-bond donors (Lipinski definition) is 1. The van der Waals surface area contributed by atoms with Crippen LogP contribution in [-0.2, 0) is 10.0 Å². The van der Waals surface area contributed by atoms with E-state index in [-0.39, 0.29) is 18.0 Å². The Morgan fingerprint density at radius 3 is 2.52 bits per heavy atom. The zero-order chi connectivity index (χ0) is 21.0. The van der Waals surface area contributed by atoms with Crippen molar-refractivity contribution in [3.05, 3.63) is 40.2 Å². The summed E-state index contributed by atoms with van der Waals surface area (Å²) in [6.07, 6.45) is 3.56. The molecule has 7 nitrogen and oxygen atoms in total. The van der Waals surface area contributed by atoms with Gasteiger partial charge < -0.3 is 9.64 Å². The van der Waals surface area contributed by atoms with E-state index in [2.05, 4.69) is 19.6 Å². The summed E-state index contributed by atoms with van der Waals surface area (Å²) in [5, 5.41) is 0.549. The van der Waals surface area contributed by atoms with Gasteiger partial charge in [0.2, 0.25) is 15.9 Å². The van der Waals surface area contributed by atoms with E-state index in [0.29, 0.717) is 22.3 Å². The molecule has 2 aromatic rings. The molecule has 1 aromatic carbocycles. The van der Waals surface area contributed by atoms with Crippen LogP contribution >= 0.6 is 11.6 Å². The van der Waals surface area contributed by atoms with Crippen molar-refractivity contribution in [3.63, 3.8) is 0 Å². The van der Waals surface area contributed by atoms with Gasteiger partial charge in [-0.15, -0.1) is 0 Å². The maximum Gasteiger partial charge on any atom is 0.240 e. The third kappa shape index (κ3) is 5.58. The number of hydrogen-bond acceptors (Lipinski definition) is 6. The van der Waals surface area contributed by atoms with Gasteiger partial charge in [-0.2, -0.15) is 4.98 Å². The standard InChI is InChI=1S/C20H27ClN4O3S/c1-14-12-18(15(2)11-17(14)21)29(26,27)22-7-10-28-20-13-19(23-16(3)24-20)25-8-5-4-6-9-25/h11-13,22H,4-10H2,1-3H3. The number of piperidine rings is 1. The molecule has 1 saturated heterocycles. The second-order valence-electron chi connectivity index (χ2n) is 7.27. The number of aryl methyl sites for hydroxylation is 3. The highest BCUT2D eigenvalue weighted by atomic mass is 35.5. The third-order valence-electron chi connectivity index (χ3n) is 4.87. The van der Waals surface area contributed by atoms with Crippen molar-refractivity contribution in [2.45, 2.75) is 44.9 Å². The molecule has 0 spiro atoms. The van der Waals surface area contributed by atoms with Gasteiger partial charge in [0.1, 0.15) is 18.2 Å². The molecule has 1 aromatic heterocycles. The smallest absolute Gasteiger partial charge is 0.240 e. The summed E-state index contributed by atoms with van der Waals surface area (Å²) in [5.74, 6) is 1.95. The number of nitrogens with one attached hydrogen (secondary N) is 1. The minimum atomic E-state index is -3.65. The first-order valence-electron chi connectivity index (χ1n) is 9.76. The molecule has 1 aliphatic heterocycles. The van der Waals surface area contributed by atoms with E-state index >= 15 is 0 Å². The van der Waals surface area contributed by atoms with Gasteiger partial charge >= 0.3 is 0 Å². The SMILES string of the molecule is Cc1nc(OCCNS(=O)(=O)c2cc(C)c(Cl)cc2C)cc(N2CCCCC2)n1. The number of ether oxygens (including phenoxy) is 1. The Hall–Kier alpha value is -1.90. The maximum atomic E-state index is 12.6. The zero-order valence-electron chi connectivity index (χ0n) is 17.0. The van der Waals surface area contributed by atoms with Gasteiger partial charge in [0.25, 0.3) is 0 Å². The monoisotopic (exact) mass is 438 g/mol. The van der Waals surface area contributed by atoms with Crippen LogP contribution < -0.4 is 14.4 Å². The van der Waals surface area contributed by atoms with Crippen LogP contribution in [0.4, 0.5) is 5.82 Å². The van der Waals surface area contributed by atoms with E-state index in [1.54, 1.807) is 26.0 Å². The van der Waals surface area contributed by atoms with Gasteiger partial charge in [0, 0.05) is 30.7 Å².